The van der Waals surface area contributed by atoms with Crippen molar-refractivity contribution in [3.8, 4) is 0 Å². The Morgan fingerprint density at radius 3 is 2.76 bits per heavy atom. The van der Waals surface area contributed by atoms with E-state index in [1.165, 1.54) is 37.8 Å². The second kappa shape index (κ2) is 8.13. The molecule has 1 aromatic carbocycles. The summed E-state index contributed by atoms with van der Waals surface area (Å²) in [5.74, 6) is 0.843. The zero-order valence-corrected chi connectivity index (χ0v) is 13.2. The second-order valence-corrected chi connectivity index (χ2v) is 5.58. The molecule has 0 saturated carbocycles. The Bertz CT molecular complexity index is 562. The van der Waals surface area contributed by atoms with Crippen LogP contribution in [-0.2, 0) is 13.0 Å². The van der Waals surface area contributed by atoms with E-state index < -0.39 is 0 Å². The summed E-state index contributed by atoms with van der Waals surface area (Å²) in [6.07, 6.45) is 7.16. The van der Waals surface area contributed by atoms with Crippen LogP contribution in [0.5, 0.6) is 0 Å². The summed E-state index contributed by atoms with van der Waals surface area (Å²) in [6, 6.07) is 4.91. The Balaban J connectivity index is 2.13. The fourth-order valence-corrected chi connectivity index (χ4v) is 2.70. The van der Waals surface area contributed by atoms with Crippen molar-refractivity contribution in [3.05, 3.63) is 29.8 Å². The maximum atomic E-state index is 13.4. The SMILES string of the molecule is CCCCCCCn1c(CCNC)nc2cc(F)ccc21. The average Bonchev–Trinajstić information content (AvgIpc) is 2.81. The van der Waals surface area contributed by atoms with Gasteiger partial charge < -0.3 is 9.88 Å². The van der Waals surface area contributed by atoms with Gasteiger partial charge in [0.05, 0.1) is 11.0 Å². The lowest BCUT2D eigenvalue weighted by Gasteiger charge is -2.09. The van der Waals surface area contributed by atoms with Gasteiger partial charge in [-0.1, -0.05) is 32.6 Å². The van der Waals surface area contributed by atoms with Crippen LogP contribution in [-0.4, -0.2) is 23.1 Å². The molecule has 2 rings (SSSR count). The lowest BCUT2D eigenvalue weighted by molar-refractivity contribution is 0.559. The predicted octanol–water partition coefficient (Wildman–Crippen LogP) is 3.91. The number of benzene rings is 1. The number of halogens is 1. The largest absolute Gasteiger partial charge is 0.328 e. The van der Waals surface area contributed by atoms with Gasteiger partial charge in [0.15, 0.2) is 0 Å². The molecule has 0 aliphatic rings. The van der Waals surface area contributed by atoms with E-state index in [0.29, 0.717) is 0 Å². The Morgan fingerprint density at radius 1 is 1.19 bits per heavy atom. The van der Waals surface area contributed by atoms with Crippen molar-refractivity contribution in [2.45, 2.75) is 52.0 Å². The quantitative estimate of drug-likeness (QED) is 0.710. The summed E-state index contributed by atoms with van der Waals surface area (Å²) in [6.45, 7) is 4.10. The van der Waals surface area contributed by atoms with Crippen molar-refractivity contribution in [1.82, 2.24) is 14.9 Å². The molecule has 1 aromatic heterocycles. The van der Waals surface area contributed by atoms with Crippen LogP contribution in [0, 0.1) is 5.82 Å². The Kier molecular flexibility index (Phi) is 6.18. The van der Waals surface area contributed by atoms with Gasteiger partial charge in [0.2, 0.25) is 0 Å². The first-order valence-corrected chi connectivity index (χ1v) is 8.05. The smallest absolute Gasteiger partial charge is 0.125 e. The fourth-order valence-electron chi connectivity index (χ4n) is 2.70. The number of nitrogens with one attached hydrogen (secondary N) is 1. The number of likely N-dealkylation sites (N-methyl/N-ethyl adjacent to an activating group) is 1. The molecular weight excluding hydrogens is 265 g/mol. The first-order chi connectivity index (χ1) is 10.3. The van der Waals surface area contributed by atoms with E-state index in [2.05, 4.69) is 21.8 Å². The summed E-state index contributed by atoms with van der Waals surface area (Å²) in [7, 11) is 1.94. The van der Waals surface area contributed by atoms with Crippen LogP contribution in [0.1, 0.15) is 44.9 Å². The number of hydrogen-bond acceptors (Lipinski definition) is 2. The molecule has 4 heteroatoms. The second-order valence-electron chi connectivity index (χ2n) is 5.58. The lowest BCUT2D eigenvalue weighted by atomic mass is 10.1. The molecule has 0 saturated heterocycles. The first kappa shape index (κ1) is 16.0. The van der Waals surface area contributed by atoms with Crippen LogP contribution < -0.4 is 5.32 Å². The molecule has 0 radical (unpaired) electrons. The van der Waals surface area contributed by atoms with Gasteiger partial charge in [0.1, 0.15) is 11.6 Å². The molecule has 21 heavy (non-hydrogen) atoms. The molecular formula is C17H26FN3. The van der Waals surface area contributed by atoms with E-state index >= 15 is 0 Å². The third-order valence-corrected chi connectivity index (χ3v) is 3.87. The summed E-state index contributed by atoms with van der Waals surface area (Å²) in [5.41, 5.74) is 1.83. The third-order valence-electron chi connectivity index (χ3n) is 3.87. The molecule has 0 spiro atoms. The monoisotopic (exact) mass is 291 g/mol. The third kappa shape index (κ3) is 4.27. The van der Waals surface area contributed by atoms with E-state index in [4.69, 9.17) is 0 Å². The van der Waals surface area contributed by atoms with Gasteiger partial charge >= 0.3 is 0 Å². The van der Waals surface area contributed by atoms with E-state index in [9.17, 15) is 4.39 Å². The summed E-state index contributed by atoms with van der Waals surface area (Å²) in [5, 5.41) is 3.16. The molecule has 0 aliphatic heterocycles. The topological polar surface area (TPSA) is 29.9 Å². The zero-order valence-electron chi connectivity index (χ0n) is 13.2. The highest BCUT2D eigenvalue weighted by atomic mass is 19.1. The Morgan fingerprint density at radius 2 is 2.00 bits per heavy atom. The molecule has 0 fully saturated rings. The number of rotatable bonds is 9. The highest BCUT2D eigenvalue weighted by molar-refractivity contribution is 5.76. The highest BCUT2D eigenvalue weighted by Crippen LogP contribution is 2.19. The molecule has 0 atom stereocenters. The van der Waals surface area contributed by atoms with E-state index in [-0.39, 0.29) is 5.82 Å². The van der Waals surface area contributed by atoms with Gasteiger partial charge in [-0.25, -0.2) is 9.37 Å². The zero-order chi connectivity index (χ0) is 15.1. The van der Waals surface area contributed by atoms with E-state index in [1.54, 1.807) is 0 Å². The number of nitrogens with zero attached hydrogens (tertiary/aromatic N) is 2. The van der Waals surface area contributed by atoms with Gasteiger partial charge in [-0.2, -0.15) is 0 Å². The number of fused-ring (bicyclic) bond motifs is 1. The molecule has 3 nitrogen and oxygen atoms in total. The van der Waals surface area contributed by atoms with E-state index in [0.717, 1.165) is 42.8 Å². The molecule has 1 N–H and O–H groups in total. The summed E-state index contributed by atoms with van der Waals surface area (Å²) < 4.78 is 15.6. The van der Waals surface area contributed by atoms with Crippen molar-refractivity contribution in [2.24, 2.45) is 0 Å². The van der Waals surface area contributed by atoms with Crippen molar-refractivity contribution in [1.29, 1.82) is 0 Å². The van der Waals surface area contributed by atoms with Crippen LogP contribution in [0.4, 0.5) is 4.39 Å². The summed E-state index contributed by atoms with van der Waals surface area (Å²) in [4.78, 5) is 4.61. The van der Waals surface area contributed by atoms with Gasteiger partial charge in [0.25, 0.3) is 0 Å². The van der Waals surface area contributed by atoms with Crippen LogP contribution in [0.25, 0.3) is 11.0 Å². The molecule has 0 amide bonds. The first-order valence-electron chi connectivity index (χ1n) is 8.05. The molecule has 0 unspecified atom stereocenters. The minimum absolute atomic E-state index is 0.213. The number of aromatic nitrogens is 2. The molecule has 116 valence electrons. The molecule has 0 bridgehead atoms. The lowest BCUT2D eigenvalue weighted by Crippen LogP contribution is -2.14. The Labute approximate surface area is 126 Å². The molecule has 1 heterocycles. The average molecular weight is 291 g/mol. The maximum absolute atomic E-state index is 13.4. The molecule has 2 aromatic rings. The van der Waals surface area contributed by atoms with Crippen molar-refractivity contribution < 1.29 is 4.39 Å². The normalized spacial score (nSPS) is 11.4. The number of aryl methyl sites for hydroxylation is 1. The van der Waals surface area contributed by atoms with Gasteiger partial charge in [-0.3, -0.25) is 0 Å². The number of imidazole rings is 1. The van der Waals surface area contributed by atoms with Crippen molar-refractivity contribution in [2.75, 3.05) is 13.6 Å². The number of unbranched alkanes of at least 4 members (excludes halogenated alkanes) is 4. The van der Waals surface area contributed by atoms with Gasteiger partial charge in [-0.05, 0) is 25.6 Å². The van der Waals surface area contributed by atoms with Gasteiger partial charge in [-0.15, -0.1) is 0 Å². The fraction of sp³-hybridized carbons (Fsp3) is 0.588. The van der Waals surface area contributed by atoms with Gasteiger partial charge in [0, 0.05) is 25.6 Å². The molecule has 0 aliphatic carbocycles. The van der Waals surface area contributed by atoms with Crippen molar-refractivity contribution >= 4 is 11.0 Å². The maximum Gasteiger partial charge on any atom is 0.125 e. The van der Waals surface area contributed by atoms with Crippen molar-refractivity contribution in [3.63, 3.8) is 0 Å². The minimum Gasteiger partial charge on any atom is -0.328 e. The standard InChI is InChI=1S/C17H26FN3/c1-3-4-5-6-7-12-21-16-9-8-14(18)13-15(16)20-17(21)10-11-19-2/h8-9,13,19H,3-7,10-12H2,1-2H3. The van der Waals surface area contributed by atoms with Crippen LogP contribution in [0.3, 0.4) is 0 Å². The van der Waals surface area contributed by atoms with Crippen LogP contribution in [0.2, 0.25) is 0 Å². The van der Waals surface area contributed by atoms with Crippen LogP contribution >= 0.6 is 0 Å². The van der Waals surface area contributed by atoms with Crippen LogP contribution in [0.15, 0.2) is 18.2 Å². The summed E-state index contributed by atoms with van der Waals surface area (Å²) >= 11 is 0. The highest BCUT2D eigenvalue weighted by Gasteiger charge is 2.10. The van der Waals surface area contributed by atoms with E-state index in [1.807, 2.05) is 13.1 Å². The number of hydrogen-bond donors (Lipinski definition) is 1. The minimum atomic E-state index is -0.213. The Hall–Kier alpha value is -1.42. The predicted molar refractivity (Wildman–Crippen MR) is 86.1 cm³/mol.